The van der Waals surface area contributed by atoms with Crippen LogP contribution in [0.1, 0.15) is 13.3 Å². The number of carbonyl (C=O) groups is 1. The Bertz CT molecular complexity index is 541. The molecule has 6 heteroatoms. The average molecular weight is 233 g/mol. The predicted octanol–water partition coefficient (Wildman–Crippen LogP) is -0.619. The van der Waals surface area contributed by atoms with Gasteiger partial charge < -0.3 is 10.2 Å². The predicted molar refractivity (Wildman–Crippen MR) is 62.3 cm³/mol. The highest BCUT2D eigenvalue weighted by Gasteiger charge is 2.10. The molecule has 0 atom stereocenters. The molecule has 1 aromatic heterocycles. The maximum absolute atomic E-state index is 11.1. The van der Waals surface area contributed by atoms with Crippen molar-refractivity contribution in [1.29, 1.82) is 0 Å². The minimum atomic E-state index is -0.175. The van der Waals surface area contributed by atoms with Crippen molar-refractivity contribution in [3.05, 3.63) is 24.3 Å². The van der Waals surface area contributed by atoms with Crippen LogP contribution in [0.4, 0.5) is 6.01 Å². The van der Waals surface area contributed by atoms with E-state index in [1.807, 2.05) is 18.2 Å². The summed E-state index contributed by atoms with van der Waals surface area (Å²) in [5.41, 5.74) is 6.96. The number of oxazole rings is 1. The van der Waals surface area contributed by atoms with Crippen LogP contribution in [-0.2, 0) is 4.79 Å². The number of amides is 1. The maximum Gasteiger partial charge on any atom is 0.406 e. The van der Waals surface area contributed by atoms with Crippen LogP contribution in [0.25, 0.3) is 11.1 Å². The van der Waals surface area contributed by atoms with Gasteiger partial charge in [0.2, 0.25) is 0 Å². The van der Waals surface area contributed by atoms with E-state index in [1.165, 1.54) is 0 Å². The number of hydrogen-bond acceptors (Lipinski definition) is 3. The van der Waals surface area contributed by atoms with Crippen LogP contribution in [0.15, 0.2) is 28.7 Å². The Labute approximate surface area is 97.5 Å². The number of aromatic nitrogens is 1. The van der Waals surface area contributed by atoms with E-state index in [-0.39, 0.29) is 17.9 Å². The number of benzene rings is 1. The molecular weight excluding hydrogens is 220 g/mol. The highest BCUT2D eigenvalue weighted by atomic mass is 16.4. The lowest BCUT2D eigenvalue weighted by Crippen LogP contribution is -2.74. The van der Waals surface area contributed by atoms with Crippen LogP contribution in [0, 0.1) is 0 Å². The number of nitrogens with one attached hydrogen (secondary N) is 2. The number of nitrogens with two attached hydrogens (primary N) is 1. The molecule has 0 saturated carbocycles. The molecule has 88 valence electrons. The van der Waals surface area contributed by atoms with E-state index in [1.54, 1.807) is 13.0 Å². The van der Waals surface area contributed by atoms with Crippen molar-refractivity contribution < 1.29 is 14.2 Å². The summed E-state index contributed by atoms with van der Waals surface area (Å²) in [5, 5.41) is 2.47. The van der Waals surface area contributed by atoms with Gasteiger partial charge in [-0.15, -0.1) is 0 Å². The molecule has 1 amide bonds. The van der Waals surface area contributed by atoms with Crippen molar-refractivity contribution >= 4 is 29.0 Å². The third-order valence-electron chi connectivity index (χ3n) is 2.13. The summed E-state index contributed by atoms with van der Waals surface area (Å²) in [5.74, 6) is -0.0745. The van der Waals surface area contributed by atoms with Crippen molar-refractivity contribution in [1.82, 2.24) is 10.3 Å². The minimum absolute atomic E-state index is 0.100. The summed E-state index contributed by atoms with van der Waals surface area (Å²) < 4.78 is 5.38. The second-order valence-corrected chi connectivity index (χ2v) is 3.43. The summed E-state index contributed by atoms with van der Waals surface area (Å²) in [6.45, 7) is 1.74. The molecule has 0 saturated heterocycles. The number of carbonyl (C=O) groups excluding carboxylic acids is 1. The summed E-state index contributed by atoms with van der Waals surface area (Å²) in [6, 6.07) is 7.59. The smallest absolute Gasteiger partial charge is 0.404 e. The molecule has 0 radical (unpaired) electrons. The van der Waals surface area contributed by atoms with Crippen LogP contribution in [0.5, 0.6) is 0 Å². The molecule has 1 aromatic carbocycles. The molecular formula is C11H13N4O2+. The topological polar surface area (TPSA) is 95.1 Å². The van der Waals surface area contributed by atoms with Crippen LogP contribution in [0.2, 0.25) is 0 Å². The van der Waals surface area contributed by atoms with E-state index in [4.69, 9.17) is 10.2 Å². The number of hydrogen-bond donors (Lipinski definition) is 3. The van der Waals surface area contributed by atoms with Crippen molar-refractivity contribution in [2.75, 3.05) is 0 Å². The first-order chi connectivity index (χ1) is 8.19. The first kappa shape index (κ1) is 11.1. The Balaban J connectivity index is 2.22. The second-order valence-electron chi connectivity index (χ2n) is 3.43. The summed E-state index contributed by atoms with van der Waals surface area (Å²) in [6.07, 6.45) is 0.357. The van der Waals surface area contributed by atoms with Gasteiger partial charge >= 0.3 is 12.0 Å². The maximum atomic E-state index is 11.1. The number of rotatable bonds is 2. The zero-order valence-corrected chi connectivity index (χ0v) is 9.36. The molecule has 0 fully saturated rings. The molecule has 0 unspecified atom stereocenters. The summed E-state index contributed by atoms with van der Waals surface area (Å²) >= 11 is 0. The molecule has 4 N–H and O–H groups in total. The highest BCUT2D eigenvalue weighted by molar-refractivity contribution is 5.93. The van der Waals surface area contributed by atoms with E-state index in [0.717, 1.165) is 5.52 Å². The molecule has 1 heterocycles. The van der Waals surface area contributed by atoms with E-state index in [0.29, 0.717) is 12.0 Å². The number of para-hydroxylation sites is 2. The van der Waals surface area contributed by atoms with Gasteiger partial charge in [0.1, 0.15) is 0 Å². The van der Waals surface area contributed by atoms with Gasteiger partial charge in [0.05, 0.1) is 0 Å². The Hall–Kier alpha value is -2.37. The fourth-order valence-corrected chi connectivity index (χ4v) is 1.31. The van der Waals surface area contributed by atoms with Crippen LogP contribution < -0.4 is 16.0 Å². The fraction of sp³-hybridized carbons (Fsp3) is 0.182. The van der Waals surface area contributed by atoms with Crippen molar-refractivity contribution in [2.24, 2.45) is 5.73 Å². The van der Waals surface area contributed by atoms with Gasteiger partial charge in [-0.2, -0.15) is 0 Å². The van der Waals surface area contributed by atoms with Gasteiger partial charge in [0.25, 0.3) is 5.91 Å². The minimum Gasteiger partial charge on any atom is -0.404 e. The molecule has 0 aliphatic rings. The number of nitrogens with zero attached hydrogens (tertiary/aromatic N) is 1. The SMILES string of the molecule is CCC(=O)NC(N)=[NH+]c1nc2ccccc2o1. The molecule has 0 aliphatic heterocycles. The van der Waals surface area contributed by atoms with Crippen molar-refractivity contribution in [3.63, 3.8) is 0 Å². The van der Waals surface area contributed by atoms with Gasteiger partial charge in [-0.05, 0) is 12.1 Å². The van der Waals surface area contributed by atoms with Crippen molar-refractivity contribution in [2.45, 2.75) is 13.3 Å². The molecule has 0 spiro atoms. The Morgan fingerprint density at radius 2 is 2.29 bits per heavy atom. The van der Waals surface area contributed by atoms with Crippen LogP contribution in [0.3, 0.4) is 0 Å². The highest BCUT2D eigenvalue weighted by Crippen LogP contribution is 2.14. The Morgan fingerprint density at radius 1 is 1.53 bits per heavy atom. The zero-order valence-electron chi connectivity index (χ0n) is 9.36. The molecule has 6 nitrogen and oxygen atoms in total. The quantitative estimate of drug-likeness (QED) is 0.476. The normalized spacial score (nSPS) is 11.7. The van der Waals surface area contributed by atoms with E-state index in [2.05, 4.69) is 15.3 Å². The lowest BCUT2D eigenvalue weighted by molar-refractivity contribution is -0.381. The standard InChI is InChI=1S/C11H12N4O2/c1-2-9(16)14-10(12)15-11-13-7-5-3-4-6-8(7)17-11/h3-6H,2H2,1H3,(H3,12,13,14,15,16)/p+1. The summed E-state index contributed by atoms with van der Waals surface area (Å²) in [4.78, 5) is 17.9. The van der Waals surface area contributed by atoms with Crippen LogP contribution >= 0.6 is 0 Å². The van der Waals surface area contributed by atoms with Gasteiger partial charge in [-0.3, -0.25) is 4.79 Å². The van der Waals surface area contributed by atoms with Gasteiger partial charge in [-0.25, -0.2) is 10.3 Å². The monoisotopic (exact) mass is 233 g/mol. The fourth-order valence-electron chi connectivity index (χ4n) is 1.31. The second kappa shape index (κ2) is 4.65. The lowest BCUT2D eigenvalue weighted by atomic mass is 10.3. The third-order valence-corrected chi connectivity index (χ3v) is 2.13. The van der Waals surface area contributed by atoms with Gasteiger partial charge in [0, 0.05) is 6.42 Å². The first-order valence-electron chi connectivity index (χ1n) is 5.24. The van der Waals surface area contributed by atoms with Gasteiger partial charge in [-0.1, -0.05) is 24.0 Å². The number of guanidine groups is 1. The molecule has 17 heavy (non-hydrogen) atoms. The van der Waals surface area contributed by atoms with Gasteiger partial charge in [0.15, 0.2) is 11.1 Å². The van der Waals surface area contributed by atoms with E-state index < -0.39 is 0 Å². The zero-order chi connectivity index (χ0) is 12.3. The average Bonchev–Trinajstić information content (AvgIpc) is 2.70. The van der Waals surface area contributed by atoms with Crippen molar-refractivity contribution in [3.8, 4) is 0 Å². The van der Waals surface area contributed by atoms with Crippen LogP contribution in [-0.4, -0.2) is 16.9 Å². The molecule has 2 rings (SSSR count). The Morgan fingerprint density at radius 3 is 3.00 bits per heavy atom. The molecule has 0 bridgehead atoms. The molecule has 2 aromatic rings. The summed E-state index contributed by atoms with van der Waals surface area (Å²) in [7, 11) is 0. The third kappa shape index (κ3) is 2.60. The lowest BCUT2D eigenvalue weighted by Gasteiger charge is -1.94. The first-order valence-corrected chi connectivity index (χ1v) is 5.24. The van der Waals surface area contributed by atoms with E-state index >= 15 is 0 Å². The van der Waals surface area contributed by atoms with E-state index in [9.17, 15) is 4.79 Å². The number of fused-ring (bicyclic) bond motifs is 1. The largest absolute Gasteiger partial charge is 0.406 e. The molecule has 0 aliphatic carbocycles. The Kier molecular flexibility index (Phi) is 3.04.